The second-order valence-electron chi connectivity index (χ2n) is 5.25. The van der Waals surface area contributed by atoms with Crippen LogP contribution in [-0.2, 0) is 15.9 Å². The molecule has 1 aromatic heterocycles. The molecule has 7 heteroatoms. The standard InChI is InChI=1S/C12H18ClNO2S3/c1-9-6-11(18-10(9)7-13)19(15,16)14-4-5-17-12(2,3)8-14/h6H,4-5,7-8H2,1-3H3. The number of hydrogen-bond acceptors (Lipinski definition) is 4. The van der Waals surface area contributed by atoms with Crippen LogP contribution >= 0.6 is 34.7 Å². The first-order valence-electron chi connectivity index (χ1n) is 6.06. The van der Waals surface area contributed by atoms with Crippen LogP contribution < -0.4 is 0 Å². The van der Waals surface area contributed by atoms with Gasteiger partial charge >= 0.3 is 0 Å². The molecular formula is C12H18ClNO2S3. The van der Waals surface area contributed by atoms with Crippen molar-refractivity contribution >= 4 is 44.7 Å². The molecule has 0 atom stereocenters. The summed E-state index contributed by atoms with van der Waals surface area (Å²) in [5.41, 5.74) is 0.962. The molecule has 0 aliphatic carbocycles. The number of rotatable bonds is 3. The lowest BCUT2D eigenvalue weighted by atomic mass is 10.2. The van der Waals surface area contributed by atoms with E-state index in [2.05, 4.69) is 13.8 Å². The summed E-state index contributed by atoms with van der Waals surface area (Å²) in [7, 11) is -3.36. The van der Waals surface area contributed by atoms with E-state index < -0.39 is 10.0 Å². The number of aryl methyl sites for hydroxylation is 1. The van der Waals surface area contributed by atoms with Crippen molar-refractivity contribution in [1.82, 2.24) is 4.31 Å². The van der Waals surface area contributed by atoms with Crippen molar-refractivity contribution in [3.63, 3.8) is 0 Å². The summed E-state index contributed by atoms with van der Waals surface area (Å²) in [4.78, 5) is 0.936. The summed E-state index contributed by atoms with van der Waals surface area (Å²) >= 11 is 8.94. The largest absolute Gasteiger partial charge is 0.252 e. The number of halogens is 1. The molecule has 19 heavy (non-hydrogen) atoms. The molecule has 1 aliphatic heterocycles. The van der Waals surface area contributed by atoms with Gasteiger partial charge in [0.25, 0.3) is 10.0 Å². The van der Waals surface area contributed by atoms with Crippen molar-refractivity contribution in [3.8, 4) is 0 Å². The zero-order valence-electron chi connectivity index (χ0n) is 11.3. The van der Waals surface area contributed by atoms with E-state index >= 15 is 0 Å². The molecule has 2 heterocycles. The van der Waals surface area contributed by atoms with E-state index in [0.717, 1.165) is 16.2 Å². The van der Waals surface area contributed by atoms with E-state index in [1.807, 2.05) is 18.7 Å². The third kappa shape index (κ3) is 3.29. The van der Waals surface area contributed by atoms with Crippen LogP contribution in [0.1, 0.15) is 24.3 Å². The first-order chi connectivity index (χ1) is 8.76. The quantitative estimate of drug-likeness (QED) is 0.793. The summed E-state index contributed by atoms with van der Waals surface area (Å²) in [5.74, 6) is 1.21. The highest BCUT2D eigenvalue weighted by Gasteiger charge is 2.35. The Balaban J connectivity index is 2.31. The molecule has 0 aromatic carbocycles. The van der Waals surface area contributed by atoms with Gasteiger partial charge in [0.15, 0.2) is 0 Å². The second-order valence-corrected chi connectivity index (χ2v) is 10.6. The van der Waals surface area contributed by atoms with E-state index in [1.54, 1.807) is 10.4 Å². The van der Waals surface area contributed by atoms with Gasteiger partial charge in [0.2, 0.25) is 0 Å². The van der Waals surface area contributed by atoms with Crippen LogP contribution in [-0.4, -0.2) is 36.3 Å². The molecule has 0 bridgehead atoms. The third-order valence-corrected chi connectivity index (χ3v) is 8.36. The summed E-state index contributed by atoms with van der Waals surface area (Å²) in [6, 6.07) is 1.74. The fourth-order valence-corrected chi connectivity index (χ4v) is 6.93. The number of hydrogen-bond donors (Lipinski definition) is 0. The molecular weight excluding hydrogens is 322 g/mol. The molecule has 0 spiro atoms. The zero-order chi connectivity index (χ0) is 14.3. The molecule has 0 unspecified atom stereocenters. The topological polar surface area (TPSA) is 37.4 Å². The first kappa shape index (κ1) is 15.6. The van der Waals surface area contributed by atoms with Gasteiger partial charge in [0, 0.05) is 28.5 Å². The van der Waals surface area contributed by atoms with Gasteiger partial charge in [-0.2, -0.15) is 16.1 Å². The van der Waals surface area contributed by atoms with Crippen molar-refractivity contribution < 1.29 is 8.42 Å². The molecule has 0 radical (unpaired) electrons. The van der Waals surface area contributed by atoms with Crippen LogP contribution in [0.5, 0.6) is 0 Å². The van der Waals surface area contributed by atoms with Crippen LogP contribution in [0.25, 0.3) is 0 Å². The maximum Gasteiger partial charge on any atom is 0.252 e. The van der Waals surface area contributed by atoms with Gasteiger partial charge in [-0.25, -0.2) is 8.42 Å². The van der Waals surface area contributed by atoms with Crippen LogP contribution in [0.15, 0.2) is 10.3 Å². The average Bonchev–Trinajstić information content (AvgIpc) is 2.70. The van der Waals surface area contributed by atoms with Gasteiger partial charge in [-0.1, -0.05) is 0 Å². The van der Waals surface area contributed by atoms with Crippen molar-refractivity contribution in [2.45, 2.75) is 35.6 Å². The summed E-state index contributed by atoms with van der Waals surface area (Å²) in [6.07, 6.45) is 0. The Morgan fingerprint density at radius 1 is 1.47 bits per heavy atom. The first-order valence-corrected chi connectivity index (χ1v) is 9.83. The maximum atomic E-state index is 12.6. The molecule has 0 N–H and O–H groups in total. The van der Waals surface area contributed by atoms with E-state index in [9.17, 15) is 8.42 Å². The summed E-state index contributed by atoms with van der Waals surface area (Å²) in [6.45, 7) is 7.23. The van der Waals surface area contributed by atoms with E-state index in [0.29, 0.717) is 23.2 Å². The highest BCUT2D eigenvalue weighted by Crippen LogP contribution is 2.35. The Labute approximate surface area is 128 Å². The Bertz CT molecular complexity index is 566. The number of sulfonamides is 1. The lowest BCUT2D eigenvalue weighted by molar-refractivity contribution is 0.388. The summed E-state index contributed by atoms with van der Waals surface area (Å²) in [5, 5.41) is 0. The highest BCUT2D eigenvalue weighted by molar-refractivity contribution is 8.00. The van der Waals surface area contributed by atoms with Crippen molar-refractivity contribution in [2.24, 2.45) is 0 Å². The lowest BCUT2D eigenvalue weighted by Crippen LogP contribution is -2.45. The second kappa shape index (κ2) is 5.56. The van der Waals surface area contributed by atoms with Gasteiger partial charge in [-0.3, -0.25) is 0 Å². The van der Waals surface area contributed by atoms with Crippen molar-refractivity contribution in [3.05, 3.63) is 16.5 Å². The third-order valence-electron chi connectivity index (χ3n) is 3.10. The zero-order valence-corrected chi connectivity index (χ0v) is 14.5. The van der Waals surface area contributed by atoms with Gasteiger partial charge in [-0.05, 0) is 32.4 Å². The Kier molecular flexibility index (Phi) is 4.58. The lowest BCUT2D eigenvalue weighted by Gasteiger charge is -2.36. The number of thiophene rings is 1. The minimum atomic E-state index is -3.36. The molecule has 1 aliphatic rings. The van der Waals surface area contributed by atoms with Gasteiger partial charge in [0.05, 0.1) is 5.88 Å². The molecule has 3 nitrogen and oxygen atoms in total. The number of nitrogens with zero attached hydrogens (tertiary/aromatic N) is 1. The van der Waals surface area contributed by atoms with Crippen molar-refractivity contribution in [2.75, 3.05) is 18.8 Å². The number of alkyl halides is 1. The predicted octanol–water partition coefficient (Wildman–Crippen LogP) is 3.31. The monoisotopic (exact) mass is 339 g/mol. The highest BCUT2D eigenvalue weighted by atomic mass is 35.5. The molecule has 0 amide bonds. The number of thioether (sulfide) groups is 1. The molecule has 0 saturated carbocycles. The average molecular weight is 340 g/mol. The SMILES string of the molecule is Cc1cc(S(=O)(=O)N2CCSC(C)(C)C2)sc1CCl. The van der Waals surface area contributed by atoms with Gasteiger partial charge in [0.1, 0.15) is 4.21 Å². The van der Waals surface area contributed by atoms with E-state index in [4.69, 9.17) is 11.6 Å². The Hall–Kier alpha value is 0.250. The van der Waals surface area contributed by atoms with Crippen LogP contribution in [0.2, 0.25) is 0 Å². The van der Waals surface area contributed by atoms with Crippen LogP contribution in [0, 0.1) is 6.92 Å². The minimum Gasteiger partial charge on any atom is -0.206 e. The molecule has 2 rings (SSSR count). The Morgan fingerprint density at radius 3 is 2.68 bits per heavy atom. The normalized spacial score (nSPS) is 20.6. The van der Waals surface area contributed by atoms with Crippen LogP contribution in [0.3, 0.4) is 0 Å². The molecule has 1 fully saturated rings. The predicted molar refractivity (Wildman–Crippen MR) is 83.9 cm³/mol. The fourth-order valence-electron chi connectivity index (χ4n) is 2.05. The Morgan fingerprint density at radius 2 is 2.16 bits per heavy atom. The van der Waals surface area contributed by atoms with Crippen LogP contribution in [0.4, 0.5) is 0 Å². The van der Waals surface area contributed by atoms with E-state index in [1.165, 1.54) is 11.3 Å². The fraction of sp³-hybridized carbons (Fsp3) is 0.667. The summed E-state index contributed by atoms with van der Waals surface area (Å²) < 4.78 is 27.3. The molecule has 1 aromatic rings. The smallest absolute Gasteiger partial charge is 0.206 e. The maximum absolute atomic E-state index is 12.6. The molecule has 1 saturated heterocycles. The van der Waals surface area contributed by atoms with E-state index in [-0.39, 0.29) is 4.75 Å². The van der Waals surface area contributed by atoms with Crippen molar-refractivity contribution in [1.29, 1.82) is 0 Å². The van der Waals surface area contributed by atoms with Gasteiger partial charge in [-0.15, -0.1) is 22.9 Å². The minimum absolute atomic E-state index is 0.0209. The van der Waals surface area contributed by atoms with Gasteiger partial charge < -0.3 is 0 Å². The molecule has 108 valence electrons.